The molecule has 2 aliphatic rings. The van der Waals surface area contributed by atoms with Gasteiger partial charge in [0, 0.05) is 18.1 Å². The number of aliphatic imine (C=N–C) groups is 1. The second-order valence-electron chi connectivity index (χ2n) is 4.27. The molecule has 0 atom stereocenters. The average molecular weight is 219 g/mol. The van der Waals surface area contributed by atoms with E-state index in [2.05, 4.69) is 4.99 Å². The zero-order chi connectivity index (χ0) is 11.2. The van der Waals surface area contributed by atoms with Crippen LogP contribution >= 0.6 is 0 Å². The van der Waals surface area contributed by atoms with E-state index in [0.29, 0.717) is 17.9 Å². The minimum atomic E-state index is -0.635. The van der Waals surface area contributed by atoms with E-state index in [4.69, 9.17) is 4.74 Å². The second-order valence-corrected chi connectivity index (χ2v) is 4.27. The molecule has 1 aliphatic carbocycles. The van der Waals surface area contributed by atoms with Gasteiger partial charge in [0.2, 0.25) is 6.08 Å². The van der Waals surface area contributed by atoms with Gasteiger partial charge in [-0.25, -0.2) is 9.18 Å². The highest BCUT2D eigenvalue weighted by Crippen LogP contribution is 2.51. The van der Waals surface area contributed by atoms with Crippen LogP contribution in [0.5, 0.6) is 5.75 Å². The maximum Gasteiger partial charge on any atom is 0.235 e. The molecule has 4 heteroatoms. The largest absolute Gasteiger partial charge is 0.493 e. The van der Waals surface area contributed by atoms with E-state index in [1.165, 1.54) is 6.07 Å². The van der Waals surface area contributed by atoms with E-state index >= 15 is 0 Å². The molecule has 3 nitrogen and oxygen atoms in total. The van der Waals surface area contributed by atoms with Gasteiger partial charge in [-0.3, -0.25) is 0 Å². The van der Waals surface area contributed by atoms with Crippen LogP contribution in [0.25, 0.3) is 0 Å². The topological polar surface area (TPSA) is 38.7 Å². The molecule has 1 aliphatic heterocycles. The summed E-state index contributed by atoms with van der Waals surface area (Å²) in [6.07, 6.45) is 3.78. The lowest BCUT2D eigenvalue weighted by atomic mass is 10.0. The van der Waals surface area contributed by atoms with E-state index in [-0.39, 0.29) is 5.82 Å². The quantitative estimate of drug-likeness (QED) is 0.564. The molecule has 0 bridgehead atoms. The molecular formula is C12H10FNO2. The number of hydrogen-bond acceptors (Lipinski definition) is 3. The molecule has 0 radical (unpaired) electrons. The summed E-state index contributed by atoms with van der Waals surface area (Å²) in [5, 5.41) is 0. The zero-order valence-corrected chi connectivity index (χ0v) is 8.62. The molecule has 0 N–H and O–H groups in total. The first-order chi connectivity index (χ1) is 7.75. The van der Waals surface area contributed by atoms with Crippen LogP contribution in [0.2, 0.25) is 0 Å². The Labute approximate surface area is 91.9 Å². The van der Waals surface area contributed by atoms with Crippen molar-refractivity contribution in [1.82, 2.24) is 0 Å². The number of rotatable bonds is 2. The third-order valence-electron chi connectivity index (χ3n) is 3.26. The monoisotopic (exact) mass is 219 g/mol. The summed E-state index contributed by atoms with van der Waals surface area (Å²) in [6.45, 7) is 0.599. The van der Waals surface area contributed by atoms with Crippen molar-refractivity contribution in [3.05, 3.63) is 29.1 Å². The van der Waals surface area contributed by atoms with Gasteiger partial charge in [0.15, 0.2) is 0 Å². The number of hydrogen-bond donors (Lipinski definition) is 0. The van der Waals surface area contributed by atoms with Crippen molar-refractivity contribution < 1.29 is 13.9 Å². The first-order valence-corrected chi connectivity index (χ1v) is 5.30. The molecule has 0 amide bonds. The highest BCUT2D eigenvalue weighted by Gasteiger charge is 2.47. The summed E-state index contributed by atoms with van der Waals surface area (Å²) < 4.78 is 19.1. The van der Waals surface area contributed by atoms with Crippen molar-refractivity contribution in [2.45, 2.75) is 24.8 Å². The van der Waals surface area contributed by atoms with Crippen LogP contribution < -0.4 is 4.74 Å². The summed E-state index contributed by atoms with van der Waals surface area (Å²) in [5.41, 5.74) is 0.882. The van der Waals surface area contributed by atoms with Gasteiger partial charge in [-0.05, 0) is 24.5 Å². The summed E-state index contributed by atoms with van der Waals surface area (Å²) >= 11 is 0. The van der Waals surface area contributed by atoms with Gasteiger partial charge in [0.1, 0.15) is 17.1 Å². The minimum Gasteiger partial charge on any atom is -0.493 e. The maximum atomic E-state index is 13.8. The highest BCUT2D eigenvalue weighted by atomic mass is 19.1. The fourth-order valence-electron chi connectivity index (χ4n) is 2.20. The lowest BCUT2D eigenvalue weighted by Crippen LogP contribution is -2.06. The van der Waals surface area contributed by atoms with Crippen LogP contribution in [0.15, 0.2) is 17.1 Å². The molecule has 0 aromatic heterocycles. The van der Waals surface area contributed by atoms with E-state index < -0.39 is 5.54 Å². The molecule has 1 fully saturated rings. The number of isocyanates is 1. The number of nitrogens with zero attached hydrogens (tertiary/aromatic N) is 1. The smallest absolute Gasteiger partial charge is 0.235 e. The second kappa shape index (κ2) is 3.16. The van der Waals surface area contributed by atoms with Crippen molar-refractivity contribution in [3.63, 3.8) is 0 Å². The Morgan fingerprint density at radius 2 is 2.25 bits per heavy atom. The predicted octanol–water partition coefficient (Wildman–Crippen LogP) is 2.09. The Kier molecular flexibility index (Phi) is 1.88. The summed E-state index contributed by atoms with van der Waals surface area (Å²) in [5.74, 6) is 0.282. The summed E-state index contributed by atoms with van der Waals surface area (Å²) in [6, 6.07) is 3.18. The number of benzene rings is 1. The van der Waals surface area contributed by atoms with Crippen LogP contribution in [0, 0.1) is 5.82 Å². The van der Waals surface area contributed by atoms with E-state index in [0.717, 1.165) is 24.8 Å². The predicted molar refractivity (Wildman–Crippen MR) is 54.6 cm³/mol. The molecule has 0 unspecified atom stereocenters. The molecule has 1 aromatic carbocycles. The normalized spacial score (nSPS) is 19.6. The molecule has 0 saturated heterocycles. The Morgan fingerprint density at radius 3 is 2.94 bits per heavy atom. The lowest BCUT2D eigenvalue weighted by molar-refractivity contribution is 0.355. The van der Waals surface area contributed by atoms with E-state index in [9.17, 15) is 9.18 Å². The summed E-state index contributed by atoms with van der Waals surface area (Å²) in [4.78, 5) is 14.1. The van der Waals surface area contributed by atoms with Crippen LogP contribution in [0.3, 0.4) is 0 Å². The SMILES string of the molecule is O=C=NC1(c2cc3c(cc2F)OCC3)CC1. The molecule has 0 spiro atoms. The maximum absolute atomic E-state index is 13.8. The van der Waals surface area contributed by atoms with Crippen molar-refractivity contribution >= 4 is 6.08 Å². The Morgan fingerprint density at radius 1 is 1.44 bits per heavy atom. The Balaban J connectivity index is 2.11. The van der Waals surface area contributed by atoms with Crippen LogP contribution in [0.1, 0.15) is 24.0 Å². The van der Waals surface area contributed by atoms with Gasteiger partial charge in [-0.15, -0.1) is 0 Å². The lowest BCUT2D eigenvalue weighted by Gasteiger charge is -2.11. The third kappa shape index (κ3) is 1.27. The molecule has 1 heterocycles. The molecule has 3 rings (SSSR count). The van der Waals surface area contributed by atoms with Gasteiger partial charge in [0.25, 0.3) is 0 Å². The molecule has 82 valence electrons. The Hall–Kier alpha value is -1.67. The zero-order valence-electron chi connectivity index (χ0n) is 8.62. The van der Waals surface area contributed by atoms with Crippen LogP contribution in [-0.4, -0.2) is 12.7 Å². The first kappa shape index (κ1) is 9.55. The summed E-state index contributed by atoms with van der Waals surface area (Å²) in [7, 11) is 0. The van der Waals surface area contributed by atoms with Crippen molar-refractivity contribution in [2.24, 2.45) is 4.99 Å². The van der Waals surface area contributed by atoms with Crippen molar-refractivity contribution in [1.29, 1.82) is 0 Å². The molecule has 1 aromatic rings. The fourth-order valence-corrected chi connectivity index (χ4v) is 2.20. The number of halogens is 1. The molecular weight excluding hydrogens is 209 g/mol. The number of carbonyl (C=O) groups excluding carboxylic acids is 1. The van der Waals surface area contributed by atoms with Crippen LogP contribution in [-0.2, 0) is 16.8 Å². The molecule has 16 heavy (non-hydrogen) atoms. The van der Waals surface area contributed by atoms with Gasteiger partial charge < -0.3 is 4.74 Å². The molecule has 1 saturated carbocycles. The van der Waals surface area contributed by atoms with E-state index in [1.807, 2.05) is 0 Å². The Bertz CT molecular complexity index is 502. The van der Waals surface area contributed by atoms with Crippen molar-refractivity contribution in [2.75, 3.05) is 6.61 Å². The van der Waals surface area contributed by atoms with Crippen molar-refractivity contribution in [3.8, 4) is 5.75 Å². The van der Waals surface area contributed by atoms with Gasteiger partial charge in [0.05, 0.1) is 6.61 Å². The minimum absolute atomic E-state index is 0.336. The van der Waals surface area contributed by atoms with E-state index in [1.54, 1.807) is 12.1 Å². The first-order valence-electron chi connectivity index (χ1n) is 5.30. The number of fused-ring (bicyclic) bond motifs is 1. The average Bonchev–Trinajstić information content (AvgIpc) is 2.89. The standard InChI is InChI=1S/C12H10FNO2/c13-10-6-11-8(1-4-16-11)5-9(10)12(2-3-12)14-7-15/h5-6H,1-4H2. The fraction of sp³-hybridized carbons (Fsp3) is 0.417. The highest BCUT2D eigenvalue weighted by molar-refractivity contribution is 5.47. The van der Waals surface area contributed by atoms with Gasteiger partial charge >= 0.3 is 0 Å². The van der Waals surface area contributed by atoms with Gasteiger partial charge in [-0.1, -0.05) is 0 Å². The van der Waals surface area contributed by atoms with Gasteiger partial charge in [-0.2, -0.15) is 4.99 Å². The third-order valence-corrected chi connectivity index (χ3v) is 3.26. The van der Waals surface area contributed by atoms with Crippen LogP contribution in [0.4, 0.5) is 4.39 Å². The number of ether oxygens (including phenoxy) is 1.